The molecule has 0 bridgehead atoms. The molecule has 5 nitrogen and oxygen atoms in total. The van der Waals surface area contributed by atoms with Gasteiger partial charge in [0.15, 0.2) is 0 Å². The van der Waals surface area contributed by atoms with E-state index in [9.17, 15) is 4.79 Å². The second-order valence-corrected chi connectivity index (χ2v) is 5.04. The van der Waals surface area contributed by atoms with Crippen LogP contribution < -0.4 is 11.1 Å². The normalized spacial score (nSPS) is 10.1. The van der Waals surface area contributed by atoms with Crippen molar-refractivity contribution < 1.29 is 9.53 Å². The Morgan fingerprint density at radius 2 is 2.10 bits per heavy atom. The van der Waals surface area contributed by atoms with Gasteiger partial charge in [-0.05, 0) is 23.8 Å². The molecule has 1 aromatic carbocycles. The van der Waals surface area contributed by atoms with Crippen LogP contribution in [0.1, 0.15) is 15.9 Å². The summed E-state index contributed by atoms with van der Waals surface area (Å²) < 4.78 is 5.70. The number of nitrogens with one attached hydrogen (secondary N) is 1. The zero-order valence-electron chi connectivity index (χ0n) is 10.9. The minimum absolute atomic E-state index is 0.297. The summed E-state index contributed by atoms with van der Waals surface area (Å²) in [4.78, 5) is 15.7. The fraction of sp³-hybridized carbons (Fsp3) is 0.143. The van der Waals surface area contributed by atoms with Crippen LogP contribution in [0.25, 0.3) is 0 Å². The predicted molar refractivity (Wildman–Crippen MR) is 81.5 cm³/mol. The van der Waals surface area contributed by atoms with E-state index >= 15 is 0 Å². The van der Waals surface area contributed by atoms with Crippen molar-refractivity contribution in [1.29, 1.82) is 0 Å². The van der Waals surface area contributed by atoms with Gasteiger partial charge in [0.25, 0.3) is 0 Å². The molecule has 0 spiro atoms. The molecule has 0 aliphatic carbocycles. The number of esters is 1. The first kappa shape index (κ1) is 14.3. The molecule has 104 valence electrons. The molecule has 3 N–H and O–H groups in total. The van der Waals surface area contributed by atoms with Gasteiger partial charge in [-0.1, -0.05) is 28.1 Å². The molecule has 0 aliphatic rings. The van der Waals surface area contributed by atoms with Crippen molar-refractivity contribution in [2.45, 2.75) is 6.54 Å². The second-order valence-electron chi connectivity index (χ2n) is 4.13. The lowest BCUT2D eigenvalue weighted by Crippen LogP contribution is -2.08. The molecule has 6 heteroatoms. The van der Waals surface area contributed by atoms with Crippen molar-refractivity contribution >= 4 is 33.4 Å². The zero-order valence-corrected chi connectivity index (χ0v) is 12.5. The number of hydrogen-bond donors (Lipinski definition) is 2. The van der Waals surface area contributed by atoms with E-state index in [1.165, 1.54) is 13.3 Å². The van der Waals surface area contributed by atoms with Gasteiger partial charge in [0.05, 0.1) is 24.6 Å². The molecule has 1 aromatic heterocycles. The molecule has 1 heterocycles. The van der Waals surface area contributed by atoms with E-state index in [2.05, 4.69) is 31.0 Å². The van der Waals surface area contributed by atoms with Crippen LogP contribution in [0.2, 0.25) is 0 Å². The highest BCUT2D eigenvalue weighted by Crippen LogP contribution is 2.17. The Morgan fingerprint density at radius 3 is 2.75 bits per heavy atom. The van der Waals surface area contributed by atoms with Gasteiger partial charge >= 0.3 is 5.97 Å². The molecular weight excluding hydrogens is 322 g/mol. The molecule has 0 radical (unpaired) electrons. The van der Waals surface area contributed by atoms with E-state index in [-0.39, 0.29) is 0 Å². The smallest absolute Gasteiger partial charge is 0.340 e. The zero-order chi connectivity index (χ0) is 14.5. The van der Waals surface area contributed by atoms with Crippen molar-refractivity contribution in [3.63, 3.8) is 0 Å². The summed E-state index contributed by atoms with van der Waals surface area (Å²) in [5.41, 5.74) is 7.40. The lowest BCUT2D eigenvalue weighted by atomic mass is 10.2. The number of pyridine rings is 1. The quantitative estimate of drug-likeness (QED) is 0.840. The van der Waals surface area contributed by atoms with Crippen LogP contribution in [0.5, 0.6) is 0 Å². The summed E-state index contributed by atoms with van der Waals surface area (Å²) in [5, 5.41) is 3.14. The summed E-state index contributed by atoms with van der Waals surface area (Å²) in [6.07, 6.45) is 1.44. The number of anilines is 2. The number of nitrogens with zero attached hydrogens (tertiary/aromatic N) is 1. The Kier molecular flexibility index (Phi) is 4.57. The van der Waals surface area contributed by atoms with Gasteiger partial charge in [-0.15, -0.1) is 0 Å². The third-order valence-electron chi connectivity index (χ3n) is 2.73. The van der Waals surface area contributed by atoms with Crippen LogP contribution in [-0.2, 0) is 11.3 Å². The Balaban J connectivity index is 2.10. The number of nitrogens with two attached hydrogens (primary N) is 1. The lowest BCUT2D eigenvalue weighted by Gasteiger charge is -2.09. The molecule has 0 fully saturated rings. The third-order valence-corrected chi connectivity index (χ3v) is 3.26. The minimum Gasteiger partial charge on any atom is -0.465 e. The van der Waals surface area contributed by atoms with Crippen molar-refractivity contribution in [2.75, 3.05) is 18.2 Å². The Hall–Kier alpha value is -2.08. The average Bonchev–Trinajstić information content (AvgIpc) is 2.47. The molecule has 0 atom stereocenters. The number of halogens is 1. The van der Waals surface area contributed by atoms with E-state index in [0.717, 1.165) is 10.0 Å². The first-order valence-corrected chi connectivity index (χ1v) is 6.71. The Morgan fingerprint density at radius 1 is 1.40 bits per heavy atom. The fourth-order valence-corrected chi connectivity index (χ4v) is 1.91. The number of nitrogen functional groups attached to an aromatic ring is 1. The van der Waals surface area contributed by atoms with Crippen LogP contribution in [0, 0.1) is 0 Å². The molecule has 0 unspecified atom stereocenters. The molecule has 0 saturated heterocycles. The maximum absolute atomic E-state index is 11.5. The van der Waals surface area contributed by atoms with E-state index in [4.69, 9.17) is 5.73 Å². The van der Waals surface area contributed by atoms with Gasteiger partial charge in [0, 0.05) is 11.0 Å². The van der Waals surface area contributed by atoms with Gasteiger partial charge in [0.2, 0.25) is 0 Å². The number of ether oxygens (including phenoxy) is 1. The average molecular weight is 336 g/mol. The van der Waals surface area contributed by atoms with Gasteiger partial charge in [-0.25, -0.2) is 9.78 Å². The Bertz CT molecular complexity index is 614. The number of aromatic nitrogens is 1. The van der Waals surface area contributed by atoms with Crippen LogP contribution in [0.4, 0.5) is 11.5 Å². The number of methoxy groups -OCH3 is 1. The standard InChI is InChI=1S/C14H14BrN3O2/c1-20-14(19)11-6-13(18-8-12(11)16)17-7-9-2-4-10(15)5-3-9/h2-6,8H,7,16H2,1H3,(H,17,18). The molecule has 0 saturated carbocycles. The van der Waals surface area contributed by atoms with Gasteiger partial charge in [0.1, 0.15) is 5.82 Å². The van der Waals surface area contributed by atoms with E-state index in [1.54, 1.807) is 6.07 Å². The summed E-state index contributed by atoms with van der Waals surface area (Å²) in [5.74, 6) is 0.0964. The number of carbonyl (C=O) groups is 1. The largest absolute Gasteiger partial charge is 0.465 e. The molecular formula is C14H14BrN3O2. The van der Waals surface area contributed by atoms with Gasteiger partial charge < -0.3 is 15.8 Å². The SMILES string of the molecule is COC(=O)c1cc(NCc2ccc(Br)cc2)ncc1N. The van der Waals surface area contributed by atoms with Crippen LogP contribution in [0.3, 0.4) is 0 Å². The number of rotatable bonds is 4. The van der Waals surface area contributed by atoms with Crippen molar-refractivity contribution in [3.05, 3.63) is 52.1 Å². The summed E-state index contributed by atoms with van der Waals surface area (Å²) in [6.45, 7) is 0.602. The van der Waals surface area contributed by atoms with Crippen LogP contribution in [0.15, 0.2) is 41.0 Å². The third kappa shape index (κ3) is 3.48. The monoisotopic (exact) mass is 335 g/mol. The number of carbonyl (C=O) groups excluding carboxylic acids is 1. The first-order valence-electron chi connectivity index (χ1n) is 5.92. The molecule has 2 rings (SSSR count). The van der Waals surface area contributed by atoms with Crippen molar-refractivity contribution in [1.82, 2.24) is 4.98 Å². The second kappa shape index (κ2) is 6.38. The van der Waals surface area contributed by atoms with Crippen molar-refractivity contribution in [3.8, 4) is 0 Å². The number of benzene rings is 1. The van der Waals surface area contributed by atoms with Crippen molar-refractivity contribution in [2.24, 2.45) is 0 Å². The molecule has 2 aromatic rings. The van der Waals surface area contributed by atoms with Gasteiger partial charge in [-0.2, -0.15) is 0 Å². The summed E-state index contributed by atoms with van der Waals surface area (Å²) >= 11 is 3.38. The van der Waals surface area contributed by atoms with E-state index in [0.29, 0.717) is 23.6 Å². The highest BCUT2D eigenvalue weighted by Gasteiger charge is 2.11. The van der Waals surface area contributed by atoms with Gasteiger partial charge in [-0.3, -0.25) is 0 Å². The highest BCUT2D eigenvalue weighted by molar-refractivity contribution is 9.10. The molecule has 0 amide bonds. The Labute approximate surface area is 125 Å². The molecule has 20 heavy (non-hydrogen) atoms. The fourth-order valence-electron chi connectivity index (χ4n) is 1.64. The highest BCUT2D eigenvalue weighted by atomic mass is 79.9. The minimum atomic E-state index is -0.475. The predicted octanol–water partition coefficient (Wildman–Crippen LogP) is 2.83. The topological polar surface area (TPSA) is 77.2 Å². The maximum atomic E-state index is 11.5. The first-order chi connectivity index (χ1) is 9.60. The van der Waals surface area contributed by atoms with E-state index in [1.807, 2.05) is 24.3 Å². The number of hydrogen-bond acceptors (Lipinski definition) is 5. The van der Waals surface area contributed by atoms with E-state index < -0.39 is 5.97 Å². The lowest BCUT2D eigenvalue weighted by molar-refractivity contribution is 0.0602. The summed E-state index contributed by atoms with van der Waals surface area (Å²) in [7, 11) is 1.32. The maximum Gasteiger partial charge on any atom is 0.340 e. The van der Waals surface area contributed by atoms with Crippen LogP contribution in [-0.4, -0.2) is 18.1 Å². The molecule has 0 aliphatic heterocycles. The summed E-state index contributed by atoms with van der Waals surface area (Å²) in [6, 6.07) is 9.51. The van der Waals surface area contributed by atoms with Crippen LogP contribution >= 0.6 is 15.9 Å².